The van der Waals surface area contributed by atoms with E-state index in [-0.39, 0.29) is 5.91 Å². The number of hydrogen-bond donors (Lipinski definition) is 0. The van der Waals surface area contributed by atoms with Gasteiger partial charge in [-0.15, -0.1) is 11.3 Å². The van der Waals surface area contributed by atoms with Crippen molar-refractivity contribution in [3.8, 4) is 0 Å². The first-order valence-electron chi connectivity index (χ1n) is 4.58. The molecule has 0 spiro atoms. The average molecular weight is 230 g/mol. The van der Waals surface area contributed by atoms with E-state index in [0.29, 0.717) is 5.75 Å². The third-order valence-electron chi connectivity index (χ3n) is 1.84. The minimum Gasteiger partial charge on any atom is -0.343 e. The van der Waals surface area contributed by atoms with E-state index in [1.165, 1.54) is 11.8 Å². The van der Waals surface area contributed by atoms with Gasteiger partial charge in [0, 0.05) is 24.7 Å². The molecule has 0 aliphatic heterocycles. The molecule has 14 heavy (non-hydrogen) atoms. The molecule has 5 heteroatoms. The number of nitrogens with zero attached hydrogens (tertiary/aromatic N) is 2. The number of aromatic nitrogens is 1. The summed E-state index contributed by atoms with van der Waals surface area (Å²) in [6.07, 6.45) is 1.76. The van der Waals surface area contributed by atoms with E-state index >= 15 is 0 Å². The zero-order chi connectivity index (χ0) is 10.4. The van der Waals surface area contributed by atoms with Crippen LogP contribution in [-0.2, 0) is 4.79 Å². The molecule has 1 rings (SSSR count). The molecule has 1 amide bonds. The maximum atomic E-state index is 11.6. The Kier molecular flexibility index (Phi) is 4.97. The average Bonchev–Trinajstić information content (AvgIpc) is 2.69. The summed E-state index contributed by atoms with van der Waals surface area (Å²) in [6.45, 7) is 5.56. The highest BCUT2D eigenvalue weighted by Gasteiger charge is 2.10. The SMILES string of the molecule is CCN(CC)C(=O)CSc1nccs1. The van der Waals surface area contributed by atoms with Gasteiger partial charge in [0.1, 0.15) is 4.34 Å². The smallest absolute Gasteiger partial charge is 0.232 e. The summed E-state index contributed by atoms with van der Waals surface area (Å²) in [5.41, 5.74) is 0. The van der Waals surface area contributed by atoms with Crippen molar-refractivity contribution in [3.63, 3.8) is 0 Å². The van der Waals surface area contributed by atoms with Gasteiger partial charge in [-0.05, 0) is 13.8 Å². The van der Waals surface area contributed by atoms with Crippen LogP contribution in [0.15, 0.2) is 15.9 Å². The molecular weight excluding hydrogens is 216 g/mol. The molecule has 0 fully saturated rings. The zero-order valence-electron chi connectivity index (χ0n) is 8.40. The molecule has 1 heterocycles. The van der Waals surface area contributed by atoms with Gasteiger partial charge in [0.25, 0.3) is 0 Å². The van der Waals surface area contributed by atoms with Gasteiger partial charge in [-0.2, -0.15) is 0 Å². The van der Waals surface area contributed by atoms with Crippen LogP contribution in [0.1, 0.15) is 13.8 Å². The number of rotatable bonds is 5. The van der Waals surface area contributed by atoms with Crippen LogP contribution in [0.2, 0.25) is 0 Å². The second kappa shape index (κ2) is 6.03. The van der Waals surface area contributed by atoms with Crippen molar-refractivity contribution >= 4 is 29.0 Å². The Morgan fingerprint density at radius 3 is 2.79 bits per heavy atom. The van der Waals surface area contributed by atoms with Crippen molar-refractivity contribution in [3.05, 3.63) is 11.6 Å². The van der Waals surface area contributed by atoms with Gasteiger partial charge >= 0.3 is 0 Å². The molecule has 0 aliphatic rings. The van der Waals surface area contributed by atoms with E-state index in [1.807, 2.05) is 24.1 Å². The van der Waals surface area contributed by atoms with E-state index in [2.05, 4.69) is 4.98 Å². The minimum atomic E-state index is 0.190. The quantitative estimate of drug-likeness (QED) is 0.726. The summed E-state index contributed by atoms with van der Waals surface area (Å²) in [6, 6.07) is 0. The molecule has 1 aromatic heterocycles. The largest absolute Gasteiger partial charge is 0.343 e. The molecule has 0 N–H and O–H groups in total. The molecule has 0 atom stereocenters. The Balaban J connectivity index is 2.34. The third kappa shape index (κ3) is 3.31. The highest BCUT2D eigenvalue weighted by molar-refractivity contribution is 8.01. The van der Waals surface area contributed by atoms with Crippen molar-refractivity contribution in [2.75, 3.05) is 18.8 Å². The molecule has 0 unspecified atom stereocenters. The maximum Gasteiger partial charge on any atom is 0.232 e. The van der Waals surface area contributed by atoms with Gasteiger partial charge in [-0.1, -0.05) is 11.8 Å². The van der Waals surface area contributed by atoms with Crippen molar-refractivity contribution in [2.45, 2.75) is 18.2 Å². The Morgan fingerprint density at radius 1 is 1.57 bits per heavy atom. The summed E-state index contributed by atoms with van der Waals surface area (Å²) in [5, 5.41) is 1.92. The summed E-state index contributed by atoms with van der Waals surface area (Å²) in [7, 11) is 0. The van der Waals surface area contributed by atoms with Crippen LogP contribution in [0.3, 0.4) is 0 Å². The molecule has 0 aromatic carbocycles. The molecule has 0 saturated carbocycles. The second-order valence-corrected chi connectivity index (χ2v) is 4.77. The number of amides is 1. The highest BCUT2D eigenvalue weighted by Crippen LogP contribution is 2.20. The molecule has 3 nitrogen and oxygen atoms in total. The van der Waals surface area contributed by atoms with Gasteiger partial charge in [0.05, 0.1) is 5.75 Å². The first-order valence-corrected chi connectivity index (χ1v) is 6.44. The van der Waals surface area contributed by atoms with Crippen molar-refractivity contribution in [1.82, 2.24) is 9.88 Å². The molecule has 0 bridgehead atoms. The van der Waals surface area contributed by atoms with Gasteiger partial charge in [-0.25, -0.2) is 4.98 Å². The topological polar surface area (TPSA) is 33.2 Å². The summed E-state index contributed by atoms with van der Waals surface area (Å²) in [4.78, 5) is 17.5. The first-order chi connectivity index (χ1) is 6.77. The lowest BCUT2D eigenvalue weighted by atomic mass is 10.5. The first kappa shape index (κ1) is 11.5. The minimum absolute atomic E-state index is 0.190. The summed E-state index contributed by atoms with van der Waals surface area (Å²) in [5.74, 6) is 0.685. The summed E-state index contributed by atoms with van der Waals surface area (Å²) < 4.78 is 0.963. The molecule has 0 saturated heterocycles. The van der Waals surface area contributed by atoms with Crippen LogP contribution in [0.4, 0.5) is 0 Å². The van der Waals surface area contributed by atoms with Gasteiger partial charge in [0.15, 0.2) is 0 Å². The standard InChI is InChI=1S/C9H14N2OS2/c1-3-11(4-2)8(12)7-14-9-10-5-6-13-9/h5-6H,3-4,7H2,1-2H3. The zero-order valence-corrected chi connectivity index (χ0v) is 10.0. The number of thiazole rings is 1. The van der Waals surface area contributed by atoms with Crippen LogP contribution in [-0.4, -0.2) is 34.6 Å². The van der Waals surface area contributed by atoms with Crippen LogP contribution in [0, 0.1) is 0 Å². The van der Waals surface area contributed by atoms with Gasteiger partial charge in [0.2, 0.25) is 5.91 Å². The Morgan fingerprint density at radius 2 is 2.29 bits per heavy atom. The van der Waals surface area contributed by atoms with Crippen molar-refractivity contribution in [2.24, 2.45) is 0 Å². The van der Waals surface area contributed by atoms with E-state index in [1.54, 1.807) is 17.5 Å². The monoisotopic (exact) mass is 230 g/mol. The van der Waals surface area contributed by atoms with Crippen molar-refractivity contribution < 1.29 is 4.79 Å². The van der Waals surface area contributed by atoms with E-state index in [0.717, 1.165) is 17.4 Å². The number of hydrogen-bond acceptors (Lipinski definition) is 4. The van der Waals surface area contributed by atoms with Crippen LogP contribution < -0.4 is 0 Å². The van der Waals surface area contributed by atoms with Gasteiger partial charge < -0.3 is 4.90 Å². The molecule has 1 aromatic rings. The molecule has 0 radical (unpaired) electrons. The molecular formula is C9H14N2OS2. The number of thioether (sulfide) groups is 1. The van der Waals surface area contributed by atoms with Crippen LogP contribution in [0.5, 0.6) is 0 Å². The second-order valence-electron chi connectivity index (χ2n) is 2.65. The summed E-state index contributed by atoms with van der Waals surface area (Å²) >= 11 is 3.08. The fourth-order valence-corrected chi connectivity index (χ4v) is 2.61. The Hall–Kier alpha value is -0.550. The highest BCUT2D eigenvalue weighted by atomic mass is 32.2. The fraction of sp³-hybridized carbons (Fsp3) is 0.556. The number of carbonyl (C=O) groups excluding carboxylic acids is 1. The normalized spacial score (nSPS) is 10.1. The van der Waals surface area contributed by atoms with E-state index in [4.69, 9.17) is 0 Å². The van der Waals surface area contributed by atoms with Crippen LogP contribution >= 0.6 is 23.1 Å². The maximum absolute atomic E-state index is 11.6. The lowest BCUT2D eigenvalue weighted by Gasteiger charge is -2.17. The Labute approximate surface area is 92.5 Å². The predicted molar refractivity (Wildman–Crippen MR) is 60.8 cm³/mol. The number of carbonyl (C=O) groups is 1. The van der Waals surface area contributed by atoms with Crippen molar-refractivity contribution in [1.29, 1.82) is 0 Å². The lowest BCUT2D eigenvalue weighted by molar-refractivity contribution is -0.127. The molecule has 0 aliphatic carbocycles. The van der Waals surface area contributed by atoms with Crippen LogP contribution in [0.25, 0.3) is 0 Å². The Bertz CT molecular complexity index is 270. The third-order valence-corrected chi connectivity index (χ3v) is 3.80. The lowest BCUT2D eigenvalue weighted by Crippen LogP contribution is -2.31. The van der Waals surface area contributed by atoms with Gasteiger partial charge in [-0.3, -0.25) is 4.79 Å². The molecule has 78 valence electrons. The fourth-order valence-electron chi connectivity index (χ4n) is 1.07. The van der Waals surface area contributed by atoms with E-state index < -0.39 is 0 Å². The predicted octanol–water partition coefficient (Wildman–Crippen LogP) is 2.10. The van der Waals surface area contributed by atoms with E-state index in [9.17, 15) is 4.79 Å².